The van der Waals surface area contributed by atoms with Crippen LogP contribution in [0.15, 0.2) is 0 Å². The molecule has 0 N–H and O–H groups in total. The van der Waals surface area contributed by atoms with Gasteiger partial charge in [0.1, 0.15) is 0 Å². The van der Waals surface area contributed by atoms with Crippen LogP contribution in [0.5, 0.6) is 0 Å². The van der Waals surface area contributed by atoms with Gasteiger partial charge in [-0.1, -0.05) is 54.4 Å². The first-order valence-electron chi connectivity index (χ1n) is 11.1. The van der Waals surface area contributed by atoms with Gasteiger partial charge in [0, 0.05) is 13.7 Å². The second kappa shape index (κ2) is 9.53. The van der Waals surface area contributed by atoms with Gasteiger partial charge in [0.15, 0.2) is 0 Å². The fourth-order valence-electron chi connectivity index (χ4n) is 5.17. The van der Waals surface area contributed by atoms with E-state index in [2.05, 4.69) is 48.1 Å². The van der Waals surface area contributed by atoms with Crippen molar-refractivity contribution < 1.29 is 13.3 Å². The van der Waals surface area contributed by atoms with E-state index in [1.54, 1.807) is 7.11 Å². The van der Waals surface area contributed by atoms with Gasteiger partial charge in [-0.2, -0.15) is 0 Å². The fraction of sp³-hybridized carbons (Fsp3) is 1.00. The molecule has 3 nitrogen and oxygen atoms in total. The molecule has 6 atom stereocenters. The second-order valence-electron chi connectivity index (χ2n) is 10.0. The van der Waals surface area contributed by atoms with E-state index in [1.807, 2.05) is 0 Å². The molecule has 26 heavy (non-hydrogen) atoms. The third-order valence-electron chi connectivity index (χ3n) is 7.02. The van der Waals surface area contributed by atoms with Gasteiger partial charge in [-0.3, -0.25) is 0 Å². The highest BCUT2D eigenvalue weighted by molar-refractivity contribution is 6.59. The summed E-state index contributed by atoms with van der Waals surface area (Å²) in [6, 6.07) is 0. The molecule has 2 rings (SSSR count). The van der Waals surface area contributed by atoms with Gasteiger partial charge in [0.25, 0.3) is 0 Å². The van der Waals surface area contributed by atoms with Crippen molar-refractivity contribution in [2.45, 2.75) is 98.8 Å². The molecule has 6 unspecified atom stereocenters. The first-order valence-corrected chi connectivity index (χ1v) is 13.3. The van der Waals surface area contributed by atoms with Crippen LogP contribution >= 0.6 is 0 Å². The predicted octanol–water partition coefficient (Wildman–Crippen LogP) is 6.16. The average Bonchev–Trinajstić information content (AvgIpc) is 2.54. The highest BCUT2D eigenvalue weighted by Gasteiger charge is 2.45. The molecule has 0 amide bonds. The summed E-state index contributed by atoms with van der Waals surface area (Å²) in [6.45, 7) is 16.2. The Hall–Kier alpha value is 0.0969. The van der Waals surface area contributed by atoms with Crippen LogP contribution < -0.4 is 0 Å². The molecule has 0 bridgehead atoms. The van der Waals surface area contributed by atoms with Crippen molar-refractivity contribution in [2.75, 3.05) is 7.11 Å². The Morgan fingerprint density at radius 2 is 1.12 bits per heavy atom. The maximum absolute atomic E-state index is 6.73. The lowest BCUT2D eigenvalue weighted by atomic mass is 9.75. The normalized spacial score (nSPS) is 38.5. The lowest BCUT2D eigenvalue weighted by Crippen LogP contribution is -2.52. The van der Waals surface area contributed by atoms with Crippen molar-refractivity contribution >= 4 is 8.80 Å². The zero-order valence-electron chi connectivity index (χ0n) is 18.6. The highest BCUT2D eigenvalue weighted by atomic mass is 28.4. The van der Waals surface area contributed by atoms with E-state index < -0.39 is 8.80 Å². The summed E-state index contributed by atoms with van der Waals surface area (Å²) in [7, 11) is -0.842. The van der Waals surface area contributed by atoms with Crippen LogP contribution in [-0.2, 0) is 13.3 Å². The first-order chi connectivity index (χ1) is 12.1. The third kappa shape index (κ3) is 5.80. The van der Waals surface area contributed by atoms with Crippen molar-refractivity contribution in [2.24, 2.45) is 35.5 Å². The quantitative estimate of drug-likeness (QED) is 0.492. The van der Waals surface area contributed by atoms with Crippen LogP contribution in [0, 0.1) is 35.5 Å². The van der Waals surface area contributed by atoms with Crippen LogP contribution in [0.3, 0.4) is 0 Å². The molecule has 2 aliphatic rings. The van der Waals surface area contributed by atoms with Crippen LogP contribution in [0.4, 0.5) is 0 Å². The number of hydrogen-bond acceptors (Lipinski definition) is 3. The van der Waals surface area contributed by atoms with E-state index in [0.29, 0.717) is 23.7 Å². The molecular formula is C22H44O3Si. The molecular weight excluding hydrogens is 340 g/mol. The molecule has 0 radical (unpaired) electrons. The van der Waals surface area contributed by atoms with Gasteiger partial charge in [-0.05, 0) is 61.2 Å². The number of hydrogen-bond donors (Lipinski definition) is 0. The summed E-state index contributed by atoms with van der Waals surface area (Å²) in [6.07, 6.45) is 8.05. The van der Waals surface area contributed by atoms with E-state index in [9.17, 15) is 0 Å². The maximum atomic E-state index is 6.73. The lowest BCUT2D eigenvalue weighted by molar-refractivity contribution is -0.0588. The van der Waals surface area contributed by atoms with Crippen LogP contribution in [0.25, 0.3) is 0 Å². The smallest absolute Gasteiger partial charge is 0.377 e. The van der Waals surface area contributed by atoms with Crippen molar-refractivity contribution in [1.29, 1.82) is 0 Å². The molecule has 0 aromatic rings. The van der Waals surface area contributed by atoms with Gasteiger partial charge >= 0.3 is 8.80 Å². The Bertz CT molecular complexity index is 392. The molecule has 0 saturated heterocycles. The molecule has 0 spiro atoms. The highest BCUT2D eigenvalue weighted by Crippen LogP contribution is 2.40. The second-order valence-corrected chi connectivity index (χ2v) is 12.6. The zero-order valence-corrected chi connectivity index (χ0v) is 19.6. The molecule has 154 valence electrons. The van der Waals surface area contributed by atoms with Gasteiger partial charge in [0.2, 0.25) is 0 Å². The zero-order chi connectivity index (χ0) is 19.5. The largest absolute Gasteiger partial charge is 0.497 e. The summed E-state index contributed by atoms with van der Waals surface area (Å²) in [4.78, 5) is 0. The van der Waals surface area contributed by atoms with Crippen molar-refractivity contribution in [3.63, 3.8) is 0 Å². The maximum Gasteiger partial charge on any atom is 0.497 e. The minimum atomic E-state index is -2.63. The third-order valence-corrected chi connectivity index (χ3v) is 9.23. The standard InChI is InChI=1S/C22H44O3Si/c1-15(2)19-11-9-17(5)13-21(19)24-26(8,23-7)25-22-14-18(6)10-12-20(22)16(3)4/h15-22H,9-14H2,1-8H3. The van der Waals surface area contributed by atoms with Gasteiger partial charge < -0.3 is 13.3 Å². The number of rotatable bonds is 7. The first kappa shape index (κ1) is 22.4. The van der Waals surface area contributed by atoms with Crippen LogP contribution in [0.2, 0.25) is 6.55 Å². The summed E-state index contributed by atoms with van der Waals surface area (Å²) in [5, 5.41) is 0. The molecule has 0 heterocycles. The molecule has 4 heteroatoms. The Labute approximate surface area is 163 Å². The van der Waals surface area contributed by atoms with Crippen LogP contribution in [-0.4, -0.2) is 28.1 Å². The van der Waals surface area contributed by atoms with E-state index in [4.69, 9.17) is 13.3 Å². The molecule has 0 aromatic heterocycles. The topological polar surface area (TPSA) is 27.7 Å². The van der Waals surface area contributed by atoms with Crippen LogP contribution in [0.1, 0.15) is 80.1 Å². The SMILES string of the molecule is CO[Si](C)(OC1CC(C)CCC1C(C)C)OC1CC(C)CCC1C(C)C. The van der Waals surface area contributed by atoms with Gasteiger partial charge in [-0.25, -0.2) is 0 Å². The monoisotopic (exact) mass is 384 g/mol. The molecule has 0 aliphatic heterocycles. The van der Waals surface area contributed by atoms with Crippen molar-refractivity contribution in [3.05, 3.63) is 0 Å². The van der Waals surface area contributed by atoms with Crippen molar-refractivity contribution in [1.82, 2.24) is 0 Å². The predicted molar refractivity (Wildman–Crippen MR) is 111 cm³/mol. The molecule has 2 aliphatic carbocycles. The Morgan fingerprint density at radius 3 is 1.42 bits per heavy atom. The molecule has 2 fully saturated rings. The van der Waals surface area contributed by atoms with E-state index in [-0.39, 0.29) is 12.2 Å². The average molecular weight is 385 g/mol. The van der Waals surface area contributed by atoms with E-state index in [1.165, 1.54) is 25.7 Å². The Morgan fingerprint density at radius 1 is 0.731 bits per heavy atom. The van der Waals surface area contributed by atoms with Gasteiger partial charge in [-0.15, -0.1) is 0 Å². The molecule has 0 aromatic carbocycles. The Balaban J connectivity index is 2.10. The molecule has 2 saturated carbocycles. The summed E-state index contributed by atoms with van der Waals surface area (Å²) in [5.41, 5.74) is 0. The fourth-order valence-corrected chi connectivity index (χ4v) is 7.06. The summed E-state index contributed by atoms with van der Waals surface area (Å²) >= 11 is 0. The van der Waals surface area contributed by atoms with Gasteiger partial charge in [0.05, 0.1) is 12.2 Å². The minimum absolute atomic E-state index is 0.286. The van der Waals surface area contributed by atoms with E-state index in [0.717, 1.165) is 24.7 Å². The lowest BCUT2D eigenvalue weighted by Gasteiger charge is -2.44. The van der Waals surface area contributed by atoms with Crippen molar-refractivity contribution in [3.8, 4) is 0 Å². The summed E-state index contributed by atoms with van der Waals surface area (Å²) in [5.74, 6) is 4.04. The Kier molecular flexibility index (Phi) is 8.21. The van der Waals surface area contributed by atoms with E-state index >= 15 is 0 Å². The minimum Gasteiger partial charge on any atom is -0.377 e. The summed E-state index contributed by atoms with van der Waals surface area (Å²) < 4.78 is 19.4.